The van der Waals surface area contributed by atoms with Gasteiger partial charge in [0.15, 0.2) is 0 Å². The molecule has 0 saturated heterocycles. The zero-order valence-corrected chi connectivity index (χ0v) is 26.4. The van der Waals surface area contributed by atoms with E-state index in [-0.39, 0.29) is 17.3 Å². The van der Waals surface area contributed by atoms with Gasteiger partial charge in [-0.3, -0.25) is 0 Å². The molecule has 4 aromatic carbocycles. The molecule has 0 N–H and O–H groups in total. The van der Waals surface area contributed by atoms with E-state index in [9.17, 15) is 0 Å². The lowest BCUT2D eigenvalue weighted by atomic mass is 9.52. The Morgan fingerprint density at radius 1 is 0.571 bits per heavy atom. The maximum Gasteiger partial charge on any atom is 0.0269 e. The lowest BCUT2D eigenvalue weighted by molar-refractivity contribution is 0.0903. The Hall–Kier alpha value is -3.06. The Morgan fingerprint density at radius 2 is 0.976 bits per heavy atom. The fourth-order valence-electron chi connectivity index (χ4n) is 7.83. The number of allylic oxidation sites excluding steroid dienone is 2. The van der Waals surface area contributed by atoms with E-state index < -0.39 is 0 Å². The molecule has 2 heteroatoms. The van der Waals surface area contributed by atoms with Gasteiger partial charge in [-0.05, 0) is 97.9 Å². The minimum absolute atomic E-state index is 0.0298. The maximum atomic E-state index is 7.29. The predicted octanol–water partition coefficient (Wildman–Crippen LogP) is 12.5. The van der Waals surface area contributed by atoms with Gasteiger partial charge in [-0.1, -0.05) is 142 Å². The van der Waals surface area contributed by atoms with Crippen molar-refractivity contribution in [1.82, 2.24) is 0 Å². The van der Waals surface area contributed by atoms with Gasteiger partial charge in [0, 0.05) is 21.9 Å². The zero-order valence-electron chi connectivity index (χ0n) is 24.9. The first-order chi connectivity index (χ1) is 20.3. The number of benzene rings is 4. The third-order valence-electron chi connectivity index (χ3n) is 10.2. The van der Waals surface area contributed by atoms with Gasteiger partial charge < -0.3 is 0 Å². The summed E-state index contributed by atoms with van der Waals surface area (Å²) in [7, 11) is 0. The van der Waals surface area contributed by atoms with Crippen LogP contribution in [-0.2, 0) is 0 Å². The van der Waals surface area contributed by atoms with Crippen LogP contribution < -0.4 is 0 Å². The molecule has 0 radical (unpaired) electrons. The molecule has 3 aliphatic carbocycles. The van der Waals surface area contributed by atoms with E-state index in [2.05, 4.69) is 125 Å². The molecule has 1 saturated carbocycles. The summed E-state index contributed by atoms with van der Waals surface area (Å²) in [5.41, 5.74) is 13.0. The molecule has 4 aromatic rings. The molecule has 2 atom stereocenters. The van der Waals surface area contributed by atoms with E-state index in [1.54, 1.807) is 0 Å². The molecule has 3 aliphatic rings. The van der Waals surface area contributed by atoms with Gasteiger partial charge in [0.1, 0.15) is 0 Å². The number of rotatable bonds is 6. The molecule has 212 valence electrons. The third-order valence-corrected chi connectivity index (χ3v) is 10.9. The summed E-state index contributed by atoms with van der Waals surface area (Å²) >= 11 is 14.6. The SMILES string of the molecule is CC(C)c1ccc(-c2cccc3c2C=C(Cl)C3C2(C3C(Cl)=Cc4c(-c5ccc(C(C)C)cc5)cccc43)CCC2)cc1. The molecular formula is C40H38Cl2. The van der Waals surface area contributed by atoms with Gasteiger partial charge >= 0.3 is 0 Å². The van der Waals surface area contributed by atoms with Crippen molar-refractivity contribution in [2.75, 3.05) is 0 Å². The molecule has 0 bridgehead atoms. The summed E-state index contributed by atoms with van der Waals surface area (Å²) < 4.78 is 0. The number of hydrogen-bond acceptors (Lipinski definition) is 0. The first kappa shape index (κ1) is 27.8. The zero-order chi connectivity index (χ0) is 29.2. The predicted molar refractivity (Wildman–Crippen MR) is 181 cm³/mol. The molecule has 42 heavy (non-hydrogen) atoms. The van der Waals surface area contributed by atoms with Gasteiger partial charge in [-0.2, -0.15) is 0 Å². The first-order valence-electron chi connectivity index (χ1n) is 15.5. The molecule has 0 amide bonds. The number of halogens is 2. The highest BCUT2D eigenvalue weighted by molar-refractivity contribution is 6.34. The van der Waals surface area contributed by atoms with Crippen molar-refractivity contribution in [2.24, 2.45) is 5.41 Å². The molecule has 2 unspecified atom stereocenters. The van der Waals surface area contributed by atoms with Gasteiger partial charge in [0.05, 0.1) is 0 Å². The molecule has 0 spiro atoms. The topological polar surface area (TPSA) is 0 Å². The highest BCUT2D eigenvalue weighted by atomic mass is 35.5. The van der Waals surface area contributed by atoms with E-state index in [4.69, 9.17) is 23.2 Å². The largest absolute Gasteiger partial charge is 0.0884 e. The van der Waals surface area contributed by atoms with Crippen LogP contribution in [-0.4, -0.2) is 0 Å². The van der Waals surface area contributed by atoms with Crippen molar-refractivity contribution < 1.29 is 0 Å². The van der Waals surface area contributed by atoms with Crippen molar-refractivity contribution in [2.45, 2.75) is 70.6 Å². The van der Waals surface area contributed by atoms with E-state index in [0.29, 0.717) is 11.8 Å². The van der Waals surface area contributed by atoms with Gasteiger partial charge in [-0.15, -0.1) is 0 Å². The summed E-state index contributed by atoms with van der Waals surface area (Å²) in [4.78, 5) is 0. The van der Waals surface area contributed by atoms with Crippen molar-refractivity contribution in [3.63, 3.8) is 0 Å². The highest BCUT2D eigenvalue weighted by Gasteiger charge is 2.55. The van der Waals surface area contributed by atoms with Gasteiger partial charge in [-0.25, -0.2) is 0 Å². The van der Waals surface area contributed by atoms with Crippen LogP contribution in [0.15, 0.2) is 95.0 Å². The Kier molecular flexibility index (Phi) is 6.99. The van der Waals surface area contributed by atoms with Crippen LogP contribution in [0.2, 0.25) is 0 Å². The molecular weight excluding hydrogens is 551 g/mol. The summed E-state index contributed by atoms with van der Waals surface area (Å²) in [6, 6.07) is 31.6. The second-order valence-corrected chi connectivity index (χ2v) is 14.1. The molecule has 1 fully saturated rings. The Bertz CT molecular complexity index is 1590. The maximum absolute atomic E-state index is 7.29. The van der Waals surface area contributed by atoms with Crippen molar-refractivity contribution in [3.05, 3.63) is 128 Å². The Labute approximate surface area is 261 Å². The summed E-state index contributed by atoms with van der Waals surface area (Å²) in [6.07, 6.45) is 7.94. The summed E-state index contributed by atoms with van der Waals surface area (Å²) in [5.74, 6) is 1.32. The second kappa shape index (κ2) is 10.6. The molecule has 0 nitrogen and oxygen atoms in total. The summed E-state index contributed by atoms with van der Waals surface area (Å²) in [6.45, 7) is 8.97. The molecule has 0 heterocycles. The molecule has 0 aliphatic heterocycles. The monoisotopic (exact) mass is 588 g/mol. The fourth-order valence-corrected chi connectivity index (χ4v) is 8.72. The van der Waals surface area contributed by atoms with Crippen LogP contribution in [0.1, 0.15) is 104 Å². The van der Waals surface area contributed by atoms with Crippen LogP contribution in [0.25, 0.3) is 34.4 Å². The van der Waals surface area contributed by atoms with Gasteiger partial charge in [0.25, 0.3) is 0 Å². The van der Waals surface area contributed by atoms with Crippen LogP contribution in [0, 0.1) is 5.41 Å². The lowest BCUT2D eigenvalue weighted by Gasteiger charge is -2.52. The molecule has 7 rings (SSSR count). The lowest BCUT2D eigenvalue weighted by Crippen LogP contribution is -2.41. The normalized spacial score (nSPS) is 20.3. The summed E-state index contributed by atoms with van der Waals surface area (Å²) in [5, 5.41) is 1.91. The Balaban J connectivity index is 1.29. The van der Waals surface area contributed by atoms with Crippen molar-refractivity contribution in [1.29, 1.82) is 0 Å². The third kappa shape index (κ3) is 4.33. The number of fused-ring (bicyclic) bond motifs is 2. The van der Waals surface area contributed by atoms with Crippen molar-refractivity contribution >= 4 is 35.4 Å². The van der Waals surface area contributed by atoms with Crippen LogP contribution in [0.3, 0.4) is 0 Å². The second-order valence-electron chi connectivity index (χ2n) is 13.2. The fraction of sp³-hybridized carbons (Fsp3) is 0.300. The van der Waals surface area contributed by atoms with Crippen LogP contribution >= 0.6 is 23.2 Å². The average Bonchev–Trinajstić information content (AvgIpc) is 3.49. The van der Waals surface area contributed by atoms with E-state index in [1.807, 2.05) is 0 Å². The van der Waals surface area contributed by atoms with E-state index in [0.717, 1.165) is 22.9 Å². The van der Waals surface area contributed by atoms with E-state index >= 15 is 0 Å². The number of hydrogen-bond donors (Lipinski definition) is 0. The minimum Gasteiger partial charge on any atom is -0.0884 e. The smallest absolute Gasteiger partial charge is 0.0269 e. The average molecular weight is 590 g/mol. The van der Waals surface area contributed by atoms with Gasteiger partial charge in [0.2, 0.25) is 0 Å². The quantitative estimate of drug-likeness (QED) is 0.210. The van der Waals surface area contributed by atoms with Crippen LogP contribution in [0.4, 0.5) is 0 Å². The van der Waals surface area contributed by atoms with Crippen molar-refractivity contribution in [3.8, 4) is 22.3 Å². The Morgan fingerprint density at radius 3 is 1.31 bits per heavy atom. The highest BCUT2D eigenvalue weighted by Crippen LogP contribution is 2.68. The molecule has 0 aromatic heterocycles. The standard InChI is InChI=1S/C40H38Cl2/c1-24(2)26-12-16-28(17-13-26)30-8-5-10-32-34(30)22-36(41)38(32)40(20-7-21-40)39-33-11-6-9-31(35(33)23-37(39)42)29-18-14-27(15-19-29)25(3)4/h5-6,8-19,22-25,38-39H,7,20-21H2,1-4H3. The van der Waals surface area contributed by atoms with E-state index in [1.165, 1.54) is 62.1 Å². The first-order valence-corrected chi connectivity index (χ1v) is 16.2. The minimum atomic E-state index is -0.0298. The van der Waals surface area contributed by atoms with Crippen LogP contribution in [0.5, 0.6) is 0 Å².